The highest BCUT2D eigenvalue weighted by Crippen LogP contribution is 2.07. The van der Waals surface area contributed by atoms with E-state index in [-0.39, 0.29) is 5.56 Å². The molecule has 13 heavy (non-hydrogen) atoms. The second kappa shape index (κ2) is 5.90. The van der Waals surface area contributed by atoms with E-state index in [1.54, 1.807) is 6.07 Å². The lowest BCUT2D eigenvalue weighted by Crippen LogP contribution is -1.86. The molecule has 0 bridgehead atoms. The Balaban J connectivity index is 0.000000671. The molecule has 68 valence electrons. The van der Waals surface area contributed by atoms with Crippen LogP contribution >= 0.6 is 0 Å². The van der Waals surface area contributed by atoms with Gasteiger partial charge in [0.05, 0.1) is 5.56 Å². The van der Waals surface area contributed by atoms with Gasteiger partial charge in [-0.15, -0.1) is 0 Å². The van der Waals surface area contributed by atoms with Gasteiger partial charge in [0.1, 0.15) is 18.2 Å². The largest absolute Gasteiger partial charge is 0.298 e. The van der Waals surface area contributed by atoms with E-state index in [4.69, 9.17) is 5.26 Å². The monoisotopic (exact) mass is 179 g/mol. The summed E-state index contributed by atoms with van der Waals surface area (Å²) >= 11 is 0. The highest BCUT2D eigenvalue weighted by atomic mass is 19.1. The van der Waals surface area contributed by atoms with Gasteiger partial charge in [0.2, 0.25) is 0 Å². The number of hydrogen-bond acceptors (Lipinski definition) is 2. The molecule has 0 saturated heterocycles. The molecule has 0 heterocycles. The fourth-order valence-electron chi connectivity index (χ4n) is 0.702. The van der Waals surface area contributed by atoms with Crippen LogP contribution in [0.15, 0.2) is 18.2 Å². The summed E-state index contributed by atoms with van der Waals surface area (Å²) in [5.41, 5.74) is 0.206. The summed E-state index contributed by atoms with van der Waals surface area (Å²) < 4.78 is 12.6. The van der Waals surface area contributed by atoms with Crippen molar-refractivity contribution in [3.8, 4) is 6.07 Å². The van der Waals surface area contributed by atoms with Gasteiger partial charge in [0.15, 0.2) is 0 Å². The van der Waals surface area contributed by atoms with Gasteiger partial charge in [-0.25, -0.2) is 4.39 Å². The molecule has 0 aliphatic rings. The first-order valence-corrected chi connectivity index (χ1v) is 3.93. The molecule has 0 atom stereocenters. The summed E-state index contributed by atoms with van der Waals surface area (Å²) in [6.45, 7) is 4.00. The van der Waals surface area contributed by atoms with Crippen molar-refractivity contribution >= 4 is 6.29 Å². The predicted octanol–water partition coefficient (Wildman–Crippen LogP) is 2.54. The van der Waals surface area contributed by atoms with Crippen LogP contribution in [0.25, 0.3) is 0 Å². The SMILES string of the molecule is CC.N#Cc1cc(C=O)ccc1F. The number of carbonyl (C=O) groups excluding carboxylic acids is 1. The lowest BCUT2D eigenvalue weighted by atomic mass is 10.1. The molecular weight excluding hydrogens is 169 g/mol. The summed E-state index contributed by atoms with van der Waals surface area (Å²) in [4.78, 5) is 10.2. The molecule has 2 nitrogen and oxygen atoms in total. The van der Waals surface area contributed by atoms with Crippen LogP contribution in [-0.4, -0.2) is 6.29 Å². The molecular formula is C10H10FNO. The van der Waals surface area contributed by atoms with Gasteiger partial charge >= 0.3 is 0 Å². The number of nitrogens with zero attached hydrogens (tertiary/aromatic N) is 1. The average Bonchev–Trinajstić information content (AvgIpc) is 2.22. The Kier molecular flexibility index (Phi) is 5.13. The maximum atomic E-state index is 12.6. The first-order chi connectivity index (χ1) is 6.27. The van der Waals surface area contributed by atoms with Crippen LogP contribution in [0.3, 0.4) is 0 Å². The third-order valence-corrected chi connectivity index (χ3v) is 1.25. The van der Waals surface area contributed by atoms with Crippen molar-refractivity contribution < 1.29 is 9.18 Å². The molecule has 0 spiro atoms. The minimum atomic E-state index is -0.599. The van der Waals surface area contributed by atoms with Gasteiger partial charge in [-0.2, -0.15) is 5.26 Å². The Labute approximate surface area is 76.6 Å². The van der Waals surface area contributed by atoms with E-state index >= 15 is 0 Å². The number of halogens is 1. The number of carbonyl (C=O) groups is 1. The van der Waals surface area contributed by atoms with E-state index in [1.807, 2.05) is 13.8 Å². The molecule has 0 radical (unpaired) electrons. The molecule has 0 unspecified atom stereocenters. The zero-order valence-electron chi connectivity index (χ0n) is 7.54. The average molecular weight is 179 g/mol. The summed E-state index contributed by atoms with van der Waals surface area (Å²) in [7, 11) is 0. The number of benzene rings is 1. The second-order valence-electron chi connectivity index (χ2n) is 1.97. The van der Waals surface area contributed by atoms with Crippen molar-refractivity contribution in [2.75, 3.05) is 0 Å². The fourth-order valence-corrected chi connectivity index (χ4v) is 0.702. The molecule has 0 aliphatic heterocycles. The van der Waals surface area contributed by atoms with Gasteiger partial charge in [-0.05, 0) is 18.2 Å². The van der Waals surface area contributed by atoms with Gasteiger partial charge < -0.3 is 0 Å². The molecule has 1 rings (SSSR count). The number of hydrogen-bond donors (Lipinski definition) is 0. The predicted molar refractivity (Wildman–Crippen MR) is 47.9 cm³/mol. The minimum absolute atomic E-state index is 0.102. The Morgan fingerprint density at radius 2 is 2.08 bits per heavy atom. The number of nitriles is 1. The van der Waals surface area contributed by atoms with Crippen molar-refractivity contribution in [1.29, 1.82) is 5.26 Å². The van der Waals surface area contributed by atoms with Crippen molar-refractivity contribution in [2.45, 2.75) is 13.8 Å². The lowest BCUT2D eigenvalue weighted by molar-refractivity contribution is 0.112. The maximum absolute atomic E-state index is 12.6. The molecule has 0 amide bonds. The van der Waals surface area contributed by atoms with Crippen LogP contribution in [0.1, 0.15) is 29.8 Å². The van der Waals surface area contributed by atoms with Crippen molar-refractivity contribution in [3.05, 3.63) is 35.1 Å². The van der Waals surface area contributed by atoms with Crippen molar-refractivity contribution in [1.82, 2.24) is 0 Å². The summed E-state index contributed by atoms with van der Waals surface area (Å²) in [6.07, 6.45) is 0.570. The standard InChI is InChI=1S/C8H4FNO.C2H6/c9-8-2-1-6(5-11)3-7(8)4-10;1-2/h1-3,5H;1-2H3. The van der Waals surface area contributed by atoms with E-state index < -0.39 is 5.82 Å². The van der Waals surface area contributed by atoms with Crippen molar-refractivity contribution in [2.24, 2.45) is 0 Å². The lowest BCUT2D eigenvalue weighted by Gasteiger charge is -1.92. The highest BCUT2D eigenvalue weighted by Gasteiger charge is 2.00. The van der Waals surface area contributed by atoms with Gasteiger partial charge in [-0.3, -0.25) is 4.79 Å². The number of rotatable bonds is 1. The minimum Gasteiger partial charge on any atom is -0.298 e. The smallest absolute Gasteiger partial charge is 0.150 e. The molecule has 0 N–H and O–H groups in total. The molecule has 0 saturated carbocycles. The van der Waals surface area contributed by atoms with Crippen LogP contribution < -0.4 is 0 Å². The quantitative estimate of drug-likeness (QED) is 0.621. The van der Waals surface area contributed by atoms with E-state index in [2.05, 4.69) is 0 Å². The van der Waals surface area contributed by atoms with Gasteiger partial charge in [0.25, 0.3) is 0 Å². The zero-order valence-corrected chi connectivity index (χ0v) is 7.54. The van der Waals surface area contributed by atoms with Gasteiger partial charge in [0, 0.05) is 5.56 Å². The van der Waals surface area contributed by atoms with Crippen LogP contribution in [-0.2, 0) is 0 Å². The van der Waals surface area contributed by atoms with Crippen LogP contribution in [0.4, 0.5) is 4.39 Å². The van der Waals surface area contributed by atoms with E-state index in [1.165, 1.54) is 12.1 Å². The van der Waals surface area contributed by atoms with E-state index in [0.717, 1.165) is 6.07 Å². The summed E-state index contributed by atoms with van der Waals surface area (Å²) in [6, 6.07) is 5.27. The van der Waals surface area contributed by atoms with Gasteiger partial charge in [-0.1, -0.05) is 13.8 Å². The molecule has 0 fully saturated rings. The molecule has 1 aromatic carbocycles. The highest BCUT2D eigenvalue weighted by molar-refractivity contribution is 5.75. The summed E-state index contributed by atoms with van der Waals surface area (Å²) in [5, 5.41) is 8.33. The van der Waals surface area contributed by atoms with E-state index in [0.29, 0.717) is 11.8 Å². The Morgan fingerprint density at radius 1 is 1.46 bits per heavy atom. The Morgan fingerprint density at radius 3 is 2.54 bits per heavy atom. The third kappa shape index (κ3) is 3.04. The Hall–Kier alpha value is -1.69. The maximum Gasteiger partial charge on any atom is 0.150 e. The Bertz CT molecular complexity index is 328. The zero-order chi connectivity index (χ0) is 10.3. The van der Waals surface area contributed by atoms with Crippen LogP contribution in [0.5, 0.6) is 0 Å². The second-order valence-corrected chi connectivity index (χ2v) is 1.97. The first kappa shape index (κ1) is 11.3. The van der Waals surface area contributed by atoms with Crippen LogP contribution in [0.2, 0.25) is 0 Å². The summed E-state index contributed by atoms with van der Waals surface area (Å²) in [5.74, 6) is -0.599. The normalized spacial score (nSPS) is 7.85. The van der Waals surface area contributed by atoms with Crippen LogP contribution in [0, 0.1) is 17.1 Å². The molecule has 0 aliphatic carbocycles. The van der Waals surface area contributed by atoms with E-state index in [9.17, 15) is 9.18 Å². The molecule has 1 aromatic rings. The fraction of sp³-hybridized carbons (Fsp3) is 0.200. The van der Waals surface area contributed by atoms with Crippen molar-refractivity contribution in [3.63, 3.8) is 0 Å². The third-order valence-electron chi connectivity index (χ3n) is 1.25. The molecule has 3 heteroatoms. The topological polar surface area (TPSA) is 40.9 Å². The first-order valence-electron chi connectivity index (χ1n) is 3.93. The molecule has 0 aromatic heterocycles. The number of aldehydes is 1.